The third-order valence-corrected chi connectivity index (χ3v) is 5.81. The number of Topliss-reactive ketones (excluding diaryl/α,β-unsaturated/α-hetero) is 1. The molecule has 0 aromatic heterocycles. The van der Waals surface area contributed by atoms with E-state index in [0.717, 1.165) is 16.7 Å². The van der Waals surface area contributed by atoms with Crippen LogP contribution >= 0.6 is 0 Å². The second-order valence-corrected chi connectivity index (χ2v) is 9.41. The summed E-state index contributed by atoms with van der Waals surface area (Å²) in [7, 11) is -3.09. The Morgan fingerprint density at radius 1 is 1.19 bits per heavy atom. The van der Waals surface area contributed by atoms with Crippen LogP contribution in [-0.4, -0.2) is 34.2 Å². The molecule has 0 fully saturated rings. The summed E-state index contributed by atoms with van der Waals surface area (Å²) in [6.45, 7) is 5.72. The Kier molecular flexibility index (Phi) is 8.02. The van der Waals surface area contributed by atoms with E-state index < -0.39 is 22.7 Å². The van der Waals surface area contributed by atoms with Gasteiger partial charge in [0.15, 0.2) is 9.84 Å². The number of allylic oxidation sites excluding steroid dienone is 1. The van der Waals surface area contributed by atoms with Crippen LogP contribution in [0.4, 0.5) is 0 Å². The molecular weight excluding hydrogens is 396 g/mol. The topological polar surface area (TPSA) is 102 Å². The third-order valence-electron chi connectivity index (χ3n) is 3.57. The monoisotopic (exact) mass is 413 g/mol. The third kappa shape index (κ3) is 6.29. The van der Waals surface area contributed by atoms with Crippen molar-refractivity contribution in [1.82, 2.24) is 0 Å². The number of ketones is 1. The van der Waals surface area contributed by atoms with Crippen LogP contribution in [0.1, 0.15) is 33.5 Å². The Balaban J connectivity index is 0.000000412. The normalized spacial score (nSPS) is 16.5. The quantitative estimate of drug-likeness (QED) is 0.548. The number of sulfone groups is 1. The molecule has 1 atom stereocenters. The standard InChI is InChI=1S/C15H17O3S.3CO.Cr/c1-10-6-11(2)15(12(3)7-10)14(16)8-13-4-5-19(17,18)9-13;3*1-2;/h4-6,13H,8-9H2,1-3H3;;;;/q-1;;;;. The number of hydrogen-bond acceptors (Lipinski definition) is 6. The van der Waals surface area contributed by atoms with E-state index >= 15 is 0 Å². The van der Waals surface area contributed by atoms with E-state index in [0.29, 0.717) is 5.56 Å². The molecule has 2 rings (SSSR count). The first-order chi connectivity index (χ1) is 12.1. The van der Waals surface area contributed by atoms with Gasteiger partial charge in [0.2, 0.25) is 0 Å². The second kappa shape index (κ2) is 9.52. The number of carbonyl (C=O) groups excluding carboxylic acids is 4. The zero-order chi connectivity index (χ0) is 19.9. The van der Waals surface area contributed by atoms with Gasteiger partial charge in [-0.05, 0) is 5.92 Å². The number of benzene rings is 1. The summed E-state index contributed by atoms with van der Waals surface area (Å²) in [5, 5.41) is 1.21. The van der Waals surface area contributed by atoms with Crippen molar-refractivity contribution in [2.75, 3.05) is 5.75 Å². The van der Waals surface area contributed by atoms with Gasteiger partial charge in [-0.3, -0.25) is 0 Å². The molecule has 26 heavy (non-hydrogen) atoms. The Morgan fingerprint density at radius 2 is 1.77 bits per heavy atom. The molecule has 1 unspecified atom stereocenters. The first kappa shape index (κ1) is 21.9. The van der Waals surface area contributed by atoms with Crippen molar-refractivity contribution in [1.29, 1.82) is 0 Å². The van der Waals surface area contributed by atoms with Gasteiger partial charge < -0.3 is 4.79 Å². The summed E-state index contributed by atoms with van der Waals surface area (Å²) in [5.41, 5.74) is 3.47. The maximum absolute atomic E-state index is 12.3. The molecule has 1 aliphatic heterocycles. The van der Waals surface area contributed by atoms with Crippen LogP contribution in [0.3, 0.4) is 0 Å². The van der Waals surface area contributed by atoms with Gasteiger partial charge in [-0.25, -0.2) is 8.42 Å². The van der Waals surface area contributed by atoms with Crippen molar-refractivity contribution in [3.63, 3.8) is 0 Å². The van der Waals surface area contributed by atoms with E-state index in [-0.39, 0.29) is 23.9 Å². The Morgan fingerprint density at radius 3 is 2.15 bits per heavy atom. The SMILES string of the molecule is Cc1[c-]c(C)c(C(=O)CC2C=CS(=O)(=O)C2)c(C)c1.O=[C]=[Cr](=[C]=O)=[C]=O. The molecule has 0 saturated heterocycles. The van der Waals surface area contributed by atoms with E-state index in [1.54, 1.807) is 6.08 Å². The van der Waals surface area contributed by atoms with Crippen LogP contribution in [0.15, 0.2) is 17.6 Å². The molecule has 1 aromatic rings. The number of hydrogen-bond donors (Lipinski definition) is 0. The first-order valence-corrected chi connectivity index (χ1v) is 11.1. The minimum atomic E-state index is -3.09. The average molecular weight is 413 g/mol. The van der Waals surface area contributed by atoms with E-state index in [1.807, 2.05) is 26.8 Å². The van der Waals surface area contributed by atoms with E-state index in [1.165, 1.54) is 19.7 Å². The van der Waals surface area contributed by atoms with Crippen molar-refractivity contribution in [2.45, 2.75) is 27.2 Å². The fourth-order valence-electron chi connectivity index (χ4n) is 2.67. The number of carbonyl (C=O) groups is 1. The van der Waals surface area contributed by atoms with Crippen molar-refractivity contribution < 1.29 is 40.4 Å². The molecule has 0 amide bonds. The first-order valence-electron chi connectivity index (χ1n) is 7.45. The molecule has 0 radical (unpaired) electrons. The van der Waals surface area contributed by atoms with Crippen LogP contribution in [-0.2, 0) is 37.1 Å². The van der Waals surface area contributed by atoms with Crippen molar-refractivity contribution in [2.24, 2.45) is 5.92 Å². The van der Waals surface area contributed by atoms with Gasteiger partial charge in [0.1, 0.15) is 5.78 Å². The molecule has 138 valence electrons. The molecule has 0 spiro atoms. The molecular formula is C18H17CrO6S-. The predicted octanol–water partition coefficient (Wildman–Crippen LogP) is 1.35. The summed E-state index contributed by atoms with van der Waals surface area (Å²) in [6.07, 6.45) is 1.87. The summed E-state index contributed by atoms with van der Waals surface area (Å²) in [4.78, 5) is 40.4. The summed E-state index contributed by atoms with van der Waals surface area (Å²) >= 11 is -2.47. The summed E-state index contributed by atoms with van der Waals surface area (Å²) in [5.74, 6) is -0.150. The average Bonchev–Trinajstić information content (AvgIpc) is 2.87. The zero-order valence-corrected chi connectivity index (χ0v) is 16.6. The summed E-state index contributed by atoms with van der Waals surface area (Å²) in [6, 6.07) is 5.08. The van der Waals surface area contributed by atoms with Crippen LogP contribution in [0.2, 0.25) is 0 Å². The number of rotatable bonds is 3. The fourth-order valence-corrected chi connectivity index (χ4v) is 4.23. The molecule has 0 bridgehead atoms. The molecule has 8 heteroatoms. The fraction of sp³-hybridized carbons (Fsp3) is 0.333. The Hall–Kier alpha value is -2.15. The van der Waals surface area contributed by atoms with Crippen LogP contribution in [0.5, 0.6) is 0 Å². The number of aryl methyl sites for hydroxylation is 3. The molecule has 6 nitrogen and oxygen atoms in total. The second-order valence-electron chi connectivity index (χ2n) is 5.74. The van der Waals surface area contributed by atoms with Gasteiger partial charge in [0.05, 0.1) is 5.75 Å². The predicted molar refractivity (Wildman–Crippen MR) is 91.9 cm³/mol. The molecule has 0 N–H and O–H groups in total. The Labute approximate surface area is 155 Å². The molecule has 0 saturated carbocycles. The molecule has 1 heterocycles. The van der Waals surface area contributed by atoms with Gasteiger partial charge in [-0.1, -0.05) is 32.4 Å². The van der Waals surface area contributed by atoms with Crippen LogP contribution < -0.4 is 0 Å². The Bertz CT molecular complexity index is 1010. The van der Waals surface area contributed by atoms with Crippen LogP contribution in [0, 0.1) is 32.8 Å². The van der Waals surface area contributed by atoms with Crippen molar-refractivity contribution >= 4 is 29.9 Å². The van der Waals surface area contributed by atoms with Crippen LogP contribution in [0.25, 0.3) is 0 Å². The van der Waals surface area contributed by atoms with Crippen molar-refractivity contribution in [3.05, 3.63) is 45.9 Å². The maximum atomic E-state index is 12.3. The molecule has 0 aliphatic carbocycles. The van der Waals surface area contributed by atoms with Gasteiger partial charge in [-0.2, -0.15) is 23.3 Å². The minimum absolute atomic E-state index is 0.00185. The van der Waals surface area contributed by atoms with Gasteiger partial charge >= 0.3 is 41.5 Å². The zero-order valence-electron chi connectivity index (χ0n) is 14.5. The summed E-state index contributed by atoms with van der Waals surface area (Å²) < 4.78 is 26.4. The van der Waals surface area contributed by atoms with Gasteiger partial charge in [0.25, 0.3) is 0 Å². The van der Waals surface area contributed by atoms with E-state index in [2.05, 4.69) is 6.07 Å². The van der Waals surface area contributed by atoms with Gasteiger partial charge in [-0.15, -0.1) is 5.56 Å². The molecule has 1 aliphatic rings. The van der Waals surface area contributed by atoms with E-state index in [9.17, 15) is 27.6 Å². The van der Waals surface area contributed by atoms with E-state index in [4.69, 9.17) is 0 Å². The van der Waals surface area contributed by atoms with Crippen molar-refractivity contribution in [3.8, 4) is 0 Å². The van der Waals surface area contributed by atoms with Gasteiger partial charge in [0, 0.05) is 11.8 Å². The molecule has 1 aromatic carbocycles.